The lowest BCUT2D eigenvalue weighted by molar-refractivity contribution is -0.119. The highest BCUT2D eigenvalue weighted by atomic mass is 16.2. The normalized spacial score (nSPS) is 14.2. The van der Waals surface area contributed by atoms with Gasteiger partial charge in [-0.05, 0) is 13.0 Å². The number of hydrogen-bond acceptors (Lipinski definition) is 2. The largest absolute Gasteiger partial charge is 0.516 e. The van der Waals surface area contributed by atoms with E-state index in [0.717, 1.165) is 6.26 Å². The molecule has 2 heteroatoms. The van der Waals surface area contributed by atoms with E-state index in [0.29, 0.717) is 0 Å². The number of Topliss-reactive ketones (excluding diaryl/α,β-unsaturated/α-hetero) is 1. The third-order valence-corrected chi connectivity index (χ3v) is 1.02. The first-order chi connectivity index (χ1) is 3.68. The minimum atomic E-state index is -0.153. The Morgan fingerprint density at radius 2 is 2.25 bits per heavy atom. The molecule has 0 aliphatic heterocycles. The highest BCUT2D eigenvalue weighted by Crippen LogP contribution is 1.95. The van der Waals surface area contributed by atoms with Crippen LogP contribution in [0.15, 0.2) is 12.3 Å². The molecule has 0 radical (unpaired) electrons. The maximum absolute atomic E-state index is 10.4. The molecule has 0 bridgehead atoms. The van der Waals surface area contributed by atoms with E-state index in [2.05, 4.69) is 0 Å². The molecule has 0 aromatic rings. The van der Waals surface area contributed by atoms with Gasteiger partial charge in [0.2, 0.25) is 0 Å². The number of hydrogen-bond donors (Lipinski definition) is 1. The summed E-state index contributed by atoms with van der Waals surface area (Å²) in [6.07, 6.45) is 2.34. The molecule has 8 heavy (non-hydrogen) atoms. The fourth-order valence-electron chi connectivity index (χ4n) is 0.265. The van der Waals surface area contributed by atoms with E-state index in [1.807, 2.05) is 0 Å². The summed E-state index contributed by atoms with van der Waals surface area (Å²) in [7, 11) is 0. The van der Waals surface area contributed by atoms with Crippen molar-refractivity contribution in [1.29, 1.82) is 0 Å². The van der Waals surface area contributed by atoms with Crippen molar-refractivity contribution in [3.8, 4) is 0 Å². The van der Waals surface area contributed by atoms with Crippen LogP contribution in [-0.4, -0.2) is 10.9 Å². The average Bonchev–Trinajstić information content (AvgIpc) is 1.67. The lowest BCUT2D eigenvalue weighted by Gasteiger charge is -1.94. The number of carbonyl (C=O) groups excluding carboxylic acids is 1. The quantitative estimate of drug-likeness (QED) is 0.549. The van der Waals surface area contributed by atoms with Gasteiger partial charge in [0, 0.05) is 5.92 Å². The molecule has 0 aromatic carbocycles. The first-order valence-corrected chi connectivity index (χ1v) is 2.50. The Kier molecular flexibility index (Phi) is 2.92. The topological polar surface area (TPSA) is 37.3 Å². The summed E-state index contributed by atoms with van der Waals surface area (Å²) < 4.78 is 0. The van der Waals surface area contributed by atoms with Gasteiger partial charge in [-0.1, -0.05) is 6.92 Å². The van der Waals surface area contributed by atoms with Crippen LogP contribution in [0.1, 0.15) is 13.8 Å². The standard InChI is InChI=1S/C6H10O2/c1-5(3-4-7)6(2)8/h3-5,7H,1-2H3/b4-3+. The van der Waals surface area contributed by atoms with E-state index in [4.69, 9.17) is 5.11 Å². The molecule has 0 fully saturated rings. The molecule has 46 valence electrons. The van der Waals surface area contributed by atoms with E-state index >= 15 is 0 Å². The Hall–Kier alpha value is -0.790. The van der Waals surface area contributed by atoms with Gasteiger partial charge in [0.25, 0.3) is 0 Å². The SMILES string of the molecule is CC(=O)C(C)/C=C/O. The molecule has 0 spiro atoms. The van der Waals surface area contributed by atoms with Gasteiger partial charge >= 0.3 is 0 Å². The molecule has 1 N–H and O–H groups in total. The highest BCUT2D eigenvalue weighted by molar-refractivity contribution is 5.79. The maximum Gasteiger partial charge on any atom is 0.136 e. The van der Waals surface area contributed by atoms with E-state index < -0.39 is 0 Å². The molecule has 0 saturated carbocycles. The average molecular weight is 114 g/mol. The second-order valence-corrected chi connectivity index (χ2v) is 1.74. The van der Waals surface area contributed by atoms with Crippen LogP contribution in [-0.2, 0) is 4.79 Å². The van der Waals surface area contributed by atoms with Gasteiger partial charge in [-0.25, -0.2) is 0 Å². The number of carbonyl (C=O) groups is 1. The Morgan fingerprint density at radius 3 is 2.38 bits per heavy atom. The Morgan fingerprint density at radius 1 is 1.75 bits per heavy atom. The van der Waals surface area contributed by atoms with Crippen LogP contribution in [0, 0.1) is 5.92 Å². The maximum atomic E-state index is 10.4. The fraction of sp³-hybridized carbons (Fsp3) is 0.500. The molecule has 1 atom stereocenters. The van der Waals surface area contributed by atoms with E-state index in [9.17, 15) is 4.79 Å². The van der Waals surface area contributed by atoms with E-state index in [-0.39, 0.29) is 11.7 Å². The van der Waals surface area contributed by atoms with Crippen molar-refractivity contribution < 1.29 is 9.90 Å². The first kappa shape index (κ1) is 7.21. The Bertz CT molecular complexity index is 105. The van der Waals surface area contributed by atoms with E-state index in [1.54, 1.807) is 6.92 Å². The summed E-state index contributed by atoms with van der Waals surface area (Å²) in [6.45, 7) is 3.22. The molecule has 0 rings (SSSR count). The minimum Gasteiger partial charge on any atom is -0.516 e. The summed E-state index contributed by atoms with van der Waals surface area (Å²) in [5.74, 6) is -0.0877. The predicted molar refractivity (Wildman–Crippen MR) is 31.6 cm³/mol. The van der Waals surface area contributed by atoms with Crippen LogP contribution in [0.4, 0.5) is 0 Å². The number of aliphatic hydroxyl groups is 1. The molecule has 0 heterocycles. The van der Waals surface area contributed by atoms with Crippen molar-refractivity contribution >= 4 is 5.78 Å². The zero-order valence-corrected chi connectivity index (χ0v) is 5.09. The van der Waals surface area contributed by atoms with Crippen molar-refractivity contribution in [3.05, 3.63) is 12.3 Å². The van der Waals surface area contributed by atoms with Gasteiger partial charge in [0.15, 0.2) is 0 Å². The van der Waals surface area contributed by atoms with Crippen LogP contribution >= 0.6 is 0 Å². The zero-order chi connectivity index (χ0) is 6.57. The predicted octanol–water partition coefficient (Wildman–Crippen LogP) is 1.28. The molecule has 1 unspecified atom stereocenters. The highest BCUT2D eigenvalue weighted by Gasteiger charge is 1.99. The monoisotopic (exact) mass is 114 g/mol. The molecule has 0 amide bonds. The first-order valence-electron chi connectivity index (χ1n) is 2.50. The van der Waals surface area contributed by atoms with Crippen LogP contribution < -0.4 is 0 Å². The van der Waals surface area contributed by atoms with Crippen molar-refractivity contribution in [2.75, 3.05) is 0 Å². The molecule has 0 aliphatic rings. The van der Waals surface area contributed by atoms with Crippen molar-refractivity contribution in [2.24, 2.45) is 5.92 Å². The summed E-state index contributed by atoms with van der Waals surface area (Å²) in [6, 6.07) is 0. The van der Waals surface area contributed by atoms with Gasteiger partial charge < -0.3 is 5.11 Å². The number of aliphatic hydroxyl groups excluding tert-OH is 1. The van der Waals surface area contributed by atoms with E-state index in [1.165, 1.54) is 13.0 Å². The molecular formula is C6H10O2. The van der Waals surface area contributed by atoms with Gasteiger partial charge in [0.1, 0.15) is 5.78 Å². The van der Waals surface area contributed by atoms with Crippen molar-refractivity contribution in [2.45, 2.75) is 13.8 Å². The lowest BCUT2D eigenvalue weighted by Crippen LogP contribution is -2.01. The summed E-state index contributed by atoms with van der Waals surface area (Å²) in [5, 5.41) is 8.15. The van der Waals surface area contributed by atoms with Gasteiger partial charge in [-0.15, -0.1) is 0 Å². The van der Waals surface area contributed by atoms with Crippen LogP contribution in [0.2, 0.25) is 0 Å². The number of ketones is 1. The molecule has 0 aromatic heterocycles. The third-order valence-electron chi connectivity index (χ3n) is 1.02. The Labute approximate surface area is 48.8 Å². The molecule has 0 aliphatic carbocycles. The van der Waals surface area contributed by atoms with Crippen LogP contribution in [0.3, 0.4) is 0 Å². The second kappa shape index (κ2) is 3.24. The van der Waals surface area contributed by atoms with Gasteiger partial charge in [0.05, 0.1) is 6.26 Å². The number of allylic oxidation sites excluding steroid dienone is 1. The summed E-state index contributed by atoms with van der Waals surface area (Å²) in [5.41, 5.74) is 0. The summed E-state index contributed by atoms with van der Waals surface area (Å²) >= 11 is 0. The van der Waals surface area contributed by atoms with Gasteiger partial charge in [-0.3, -0.25) is 4.79 Å². The molecular weight excluding hydrogens is 104 g/mol. The summed E-state index contributed by atoms with van der Waals surface area (Å²) in [4.78, 5) is 10.4. The lowest BCUT2D eigenvalue weighted by atomic mass is 10.1. The van der Waals surface area contributed by atoms with Crippen molar-refractivity contribution in [3.63, 3.8) is 0 Å². The second-order valence-electron chi connectivity index (χ2n) is 1.74. The molecule has 0 saturated heterocycles. The third kappa shape index (κ3) is 2.39. The smallest absolute Gasteiger partial charge is 0.136 e. The minimum absolute atomic E-state index is 0.0651. The van der Waals surface area contributed by atoms with Gasteiger partial charge in [-0.2, -0.15) is 0 Å². The molecule has 2 nitrogen and oxygen atoms in total. The Balaban J connectivity index is 3.64. The fourth-order valence-corrected chi connectivity index (χ4v) is 0.265. The van der Waals surface area contributed by atoms with Crippen LogP contribution in [0.25, 0.3) is 0 Å². The number of rotatable bonds is 2. The zero-order valence-electron chi connectivity index (χ0n) is 5.09. The van der Waals surface area contributed by atoms with Crippen LogP contribution in [0.5, 0.6) is 0 Å². The van der Waals surface area contributed by atoms with Crippen molar-refractivity contribution in [1.82, 2.24) is 0 Å².